The number of aryl methyl sites for hydroxylation is 1. The first-order valence-electron chi connectivity index (χ1n) is 10.9. The summed E-state index contributed by atoms with van der Waals surface area (Å²) >= 11 is 9.37. The van der Waals surface area contributed by atoms with Crippen LogP contribution in [-0.4, -0.2) is 51.6 Å². The Bertz CT molecular complexity index is 1080. The predicted molar refractivity (Wildman–Crippen MR) is 138 cm³/mol. The van der Waals surface area contributed by atoms with Gasteiger partial charge in [-0.2, -0.15) is 0 Å². The Morgan fingerprint density at radius 3 is 2.53 bits per heavy atom. The summed E-state index contributed by atoms with van der Waals surface area (Å²) in [6.45, 7) is 6.31. The number of hydrogen-bond donors (Lipinski definition) is 1. The summed E-state index contributed by atoms with van der Waals surface area (Å²) in [5, 5.41) is 4.38. The maximum absolute atomic E-state index is 5.83. The molecule has 0 saturated carbocycles. The third kappa shape index (κ3) is 4.60. The van der Waals surface area contributed by atoms with Crippen molar-refractivity contribution in [3.8, 4) is 5.69 Å². The van der Waals surface area contributed by atoms with Crippen LogP contribution >= 0.6 is 28.1 Å². The average molecular weight is 513 g/mol. The largest absolute Gasteiger partial charge is 0.352 e. The second-order valence-corrected chi connectivity index (χ2v) is 9.92. The van der Waals surface area contributed by atoms with Crippen LogP contribution in [0.5, 0.6) is 0 Å². The molecule has 168 valence electrons. The standard InChI is InChI=1S/C25H30BrN5S/c1-17-16-21(18(2)31(17)20-11-9-19(26)10-12-20)24-23(22-8-5-6-13-27-22)28-25(32)30(24)15-7-14-29(3)4/h5-6,8-13,16,23-24H,7,14-15H2,1-4H3,(H,28,32)/t23-,24-/m1/s1. The van der Waals surface area contributed by atoms with E-state index in [0.717, 1.165) is 40.5 Å². The van der Waals surface area contributed by atoms with E-state index in [9.17, 15) is 0 Å². The zero-order chi connectivity index (χ0) is 22.8. The molecule has 0 radical (unpaired) electrons. The molecule has 2 atom stereocenters. The van der Waals surface area contributed by atoms with Gasteiger partial charge in [-0.1, -0.05) is 22.0 Å². The Morgan fingerprint density at radius 1 is 1.12 bits per heavy atom. The third-order valence-corrected chi connectivity index (χ3v) is 6.96. The topological polar surface area (TPSA) is 36.3 Å². The van der Waals surface area contributed by atoms with Gasteiger partial charge >= 0.3 is 0 Å². The van der Waals surface area contributed by atoms with Crippen molar-refractivity contribution in [1.82, 2.24) is 24.7 Å². The third-order valence-electron chi connectivity index (χ3n) is 6.08. The van der Waals surface area contributed by atoms with Crippen molar-refractivity contribution in [2.24, 2.45) is 0 Å². The molecule has 1 aliphatic rings. The summed E-state index contributed by atoms with van der Waals surface area (Å²) in [6.07, 6.45) is 2.91. The highest BCUT2D eigenvalue weighted by Crippen LogP contribution is 2.41. The number of pyridine rings is 1. The number of hydrogen-bond acceptors (Lipinski definition) is 3. The van der Waals surface area contributed by atoms with Gasteiger partial charge in [0.2, 0.25) is 0 Å². The Hall–Kier alpha value is -2.22. The Morgan fingerprint density at radius 2 is 1.88 bits per heavy atom. The van der Waals surface area contributed by atoms with Crippen molar-refractivity contribution in [3.05, 3.63) is 81.8 Å². The molecule has 1 aliphatic heterocycles. The second-order valence-electron chi connectivity index (χ2n) is 8.62. The maximum atomic E-state index is 5.83. The smallest absolute Gasteiger partial charge is 0.170 e. The monoisotopic (exact) mass is 511 g/mol. The molecular formula is C25H30BrN5S. The van der Waals surface area contributed by atoms with E-state index in [2.05, 4.69) is 105 Å². The van der Waals surface area contributed by atoms with Gasteiger partial charge in [-0.15, -0.1) is 0 Å². The van der Waals surface area contributed by atoms with E-state index in [0.29, 0.717) is 0 Å². The highest BCUT2D eigenvalue weighted by molar-refractivity contribution is 9.10. The van der Waals surface area contributed by atoms with Gasteiger partial charge in [0.05, 0.1) is 17.8 Å². The molecule has 3 aromatic rings. The minimum atomic E-state index is 0.0157. The van der Waals surface area contributed by atoms with Gasteiger partial charge in [0, 0.05) is 34.3 Å². The van der Waals surface area contributed by atoms with E-state index in [1.54, 1.807) is 0 Å². The number of thiocarbonyl (C=S) groups is 1. The predicted octanol–water partition coefficient (Wildman–Crippen LogP) is 5.18. The average Bonchev–Trinajstić information content (AvgIpc) is 3.25. The van der Waals surface area contributed by atoms with Crippen LogP contribution in [0.3, 0.4) is 0 Å². The highest BCUT2D eigenvalue weighted by atomic mass is 79.9. The van der Waals surface area contributed by atoms with Gasteiger partial charge in [-0.25, -0.2) is 0 Å². The normalized spacial score (nSPS) is 18.4. The first-order chi connectivity index (χ1) is 15.4. The number of nitrogens with zero attached hydrogens (tertiary/aromatic N) is 4. The summed E-state index contributed by atoms with van der Waals surface area (Å²) in [4.78, 5) is 9.24. The molecule has 0 aliphatic carbocycles. The van der Waals surface area contributed by atoms with Crippen LogP contribution in [0.4, 0.5) is 0 Å². The molecule has 0 amide bonds. The number of benzene rings is 1. The van der Waals surface area contributed by atoms with Crippen LogP contribution in [0.25, 0.3) is 5.69 Å². The molecule has 32 heavy (non-hydrogen) atoms. The fraction of sp³-hybridized carbons (Fsp3) is 0.360. The minimum Gasteiger partial charge on any atom is -0.352 e. The van der Waals surface area contributed by atoms with Gasteiger partial charge in [0.1, 0.15) is 0 Å². The van der Waals surface area contributed by atoms with E-state index < -0.39 is 0 Å². The van der Waals surface area contributed by atoms with Gasteiger partial charge in [-0.3, -0.25) is 4.98 Å². The van der Waals surface area contributed by atoms with Crippen LogP contribution in [0, 0.1) is 13.8 Å². The first-order valence-corrected chi connectivity index (χ1v) is 12.1. The Labute approximate surface area is 204 Å². The lowest BCUT2D eigenvalue weighted by Crippen LogP contribution is -2.32. The number of rotatable bonds is 7. The van der Waals surface area contributed by atoms with Crippen molar-refractivity contribution in [3.63, 3.8) is 0 Å². The first kappa shape index (κ1) is 23.0. The molecule has 1 aromatic carbocycles. The van der Waals surface area contributed by atoms with Crippen LogP contribution < -0.4 is 5.32 Å². The molecule has 2 aromatic heterocycles. The Balaban J connectivity index is 1.76. The van der Waals surface area contributed by atoms with E-state index in [-0.39, 0.29) is 12.1 Å². The van der Waals surface area contributed by atoms with Gasteiger partial charge in [0.15, 0.2) is 5.11 Å². The molecule has 3 heterocycles. The lowest BCUT2D eigenvalue weighted by atomic mass is 9.96. The number of aromatic nitrogens is 2. The lowest BCUT2D eigenvalue weighted by molar-refractivity contribution is 0.292. The summed E-state index contributed by atoms with van der Waals surface area (Å²) in [7, 11) is 4.22. The van der Waals surface area contributed by atoms with Crippen molar-refractivity contribution >= 4 is 33.3 Å². The summed E-state index contributed by atoms with van der Waals surface area (Å²) in [5.74, 6) is 0. The van der Waals surface area contributed by atoms with E-state index in [1.165, 1.54) is 17.0 Å². The molecule has 4 rings (SSSR count). The minimum absolute atomic E-state index is 0.0157. The molecule has 1 N–H and O–H groups in total. The van der Waals surface area contributed by atoms with Crippen molar-refractivity contribution in [2.75, 3.05) is 27.2 Å². The van der Waals surface area contributed by atoms with Crippen molar-refractivity contribution in [2.45, 2.75) is 32.4 Å². The van der Waals surface area contributed by atoms with Crippen molar-refractivity contribution < 1.29 is 0 Å². The Kier molecular flexibility index (Phi) is 6.98. The van der Waals surface area contributed by atoms with Crippen LogP contribution in [0.1, 0.15) is 41.1 Å². The van der Waals surface area contributed by atoms with Gasteiger partial charge < -0.3 is 19.7 Å². The summed E-state index contributed by atoms with van der Waals surface area (Å²) < 4.78 is 3.41. The molecular weight excluding hydrogens is 482 g/mol. The number of halogens is 1. The van der Waals surface area contributed by atoms with Crippen LogP contribution in [0.2, 0.25) is 0 Å². The molecule has 1 saturated heterocycles. The molecule has 5 nitrogen and oxygen atoms in total. The SMILES string of the molecule is Cc1cc([C@@H]2[C@@H](c3ccccn3)NC(=S)N2CCCN(C)C)c(C)n1-c1ccc(Br)cc1. The van der Waals surface area contributed by atoms with Gasteiger partial charge in [-0.05, 0) is 101 Å². The van der Waals surface area contributed by atoms with E-state index >= 15 is 0 Å². The number of nitrogens with one attached hydrogen (secondary N) is 1. The van der Waals surface area contributed by atoms with E-state index in [4.69, 9.17) is 12.2 Å². The van der Waals surface area contributed by atoms with Crippen LogP contribution in [0.15, 0.2) is 59.2 Å². The highest BCUT2D eigenvalue weighted by Gasteiger charge is 2.41. The zero-order valence-electron chi connectivity index (χ0n) is 19.0. The quantitative estimate of drug-likeness (QED) is 0.442. The molecule has 7 heteroatoms. The zero-order valence-corrected chi connectivity index (χ0v) is 21.4. The fourth-order valence-electron chi connectivity index (χ4n) is 4.62. The summed E-state index contributed by atoms with van der Waals surface area (Å²) in [6, 6.07) is 17.0. The lowest BCUT2D eigenvalue weighted by Gasteiger charge is -2.28. The molecule has 0 unspecified atom stereocenters. The summed E-state index contributed by atoms with van der Waals surface area (Å²) in [5.41, 5.74) is 5.92. The molecule has 1 fully saturated rings. The fourth-order valence-corrected chi connectivity index (χ4v) is 5.21. The maximum Gasteiger partial charge on any atom is 0.170 e. The second kappa shape index (κ2) is 9.73. The van der Waals surface area contributed by atoms with Crippen LogP contribution in [-0.2, 0) is 0 Å². The molecule has 0 spiro atoms. The van der Waals surface area contributed by atoms with Gasteiger partial charge in [0.25, 0.3) is 0 Å². The molecule has 0 bridgehead atoms. The van der Waals surface area contributed by atoms with E-state index in [1.807, 2.05) is 18.3 Å². The van der Waals surface area contributed by atoms with Crippen molar-refractivity contribution in [1.29, 1.82) is 0 Å².